The van der Waals surface area contributed by atoms with Gasteiger partial charge in [-0.15, -0.1) is 0 Å². The Labute approximate surface area is 90.6 Å². The standard InChI is InChI=1S/C10H11BrN2O/c1-13-5-7(11)6-3-8(12)10(14-2)4-9(6)13/h3-5H,12H2,1-2H3. The number of aryl methyl sites for hydroxylation is 1. The van der Waals surface area contributed by atoms with Crippen LogP contribution >= 0.6 is 15.9 Å². The summed E-state index contributed by atoms with van der Waals surface area (Å²) < 4.78 is 8.24. The molecule has 1 aromatic heterocycles. The van der Waals surface area contributed by atoms with Gasteiger partial charge in [-0.05, 0) is 22.0 Å². The number of halogens is 1. The Morgan fingerprint density at radius 2 is 2.14 bits per heavy atom. The quantitative estimate of drug-likeness (QED) is 0.795. The lowest BCUT2D eigenvalue weighted by Gasteiger charge is -2.05. The smallest absolute Gasteiger partial charge is 0.143 e. The molecule has 0 unspecified atom stereocenters. The molecule has 0 bridgehead atoms. The summed E-state index contributed by atoms with van der Waals surface area (Å²) in [6.45, 7) is 0. The van der Waals surface area contributed by atoms with E-state index in [-0.39, 0.29) is 0 Å². The summed E-state index contributed by atoms with van der Waals surface area (Å²) in [6.07, 6.45) is 2.00. The van der Waals surface area contributed by atoms with Crippen LogP contribution in [0.5, 0.6) is 5.75 Å². The molecule has 14 heavy (non-hydrogen) atoms. The first-order valence-electron chi connectivity index (χ1n) is 4.21. The maximum absolute atomic E-state index is 5.82. The minimum atomic E-state index is 0.659. The summed E-state index contributed by atoms with van der Waals surface area (Å²) in [4.78, 5) is 0. The van der Waals surface area contributed by atoms with E-state index in [4.69, 9.17) is 10.5 Å². The van der Waals surface area contributed by atoms with Crippen molar-refractivity contribution in [3.05, 3.63) is 22.8 Å². The van der Waals surface area contributed by atoms with Crippen LogP contribution in [0.4, 0.5) is 5.69 Å². The van der Waals surface area contributed by atoms with Gasteiger partial charge in [0, 0.05) is 29.2 Å². The van der Waals surface area contributed by atoms with Crippen LogP contribution in [0.2, 0.25) is 0 Å². The minimum absolute atomic E-state index is 0.659. The van der Waals surface area contributed by atoms with Crippen molar-refractivity contribution in [2.24, 2.45) is 7.05 Å². The number of nitrogens with two attached hydrogens (primary N) is 1. The van der Waals surface area contributed by atoms with E-state index in [0.717, 1.165) is 15.4 Å². The maximum atomic E-state index is 5.82. The predicted octanol–water partition coefficient (Wildman–Crippen LogP) is 2.53. The average Bonchev–Trinajstić information content (AvgIpc) is 2.41. The molecule has 3 nitrogen and oxygen atoms in total. The second-order valence-corrected chi connectivity index (χ2v) is 4.05. The fourth-order valence-electron chi connectivity index (χ4n) is 1.55. The highest BCUT2D eigenvalue weighted by atomic mass is 79.9. The van der Waals surface area contributed by atoms with Crippen LogP contribution in [0, 0.1) is 0 Å². The van der Waals surface area contributed by atoms with E-state index in [1.165, 1.54) is 0 Å². The molecule has 1 heterocycles. The average molecular weight is 255 g/mol. The zero-order chi connectivity index (χ0) is 10.3. The van der Waals surface area contributed by atoms with Gasteiger partial charge in [-0.2, -0.15) is 0 Å². The highest BCUT2D eigenvalue weighted by Crippen LogP contribution is 2.32. The fourth-order valence-corrected chi connectivity index (χ4v) is 2.18. The molecule has 0 spiro atoms. The molecule has 0 aliphatic carbocycles. The topological polar surface area (TPSA) is 40.2 Å². The molecule has 74 valence electrons. The molecular formula is C10H11BrN2O. The van der Waals surface area contributed by atoms with Crippen LogP contribution in [0.3, 0.4) is 0 Å². The van der Waals surface area contributed by atoms with Crippen molar-refractivity contribution in [2.75, 3.05) is 12.8 Å². The van der Waals surface area contributed by atoms with Crippen molar-refractivity contribution in [2.45, 2.75) is 0 Å². The number of nitrogen functional groups attached to an aromatic ring is 1. The Bertz CT molecular complexity index is 490. The predicted molar refractivity (Wildman–Crippen MR) is 61.6 cm³/mol. The van der Waals surface area contributed by atoms with E-state index in [1.54, 1.807) is 7.11 Å². The normalized spacial score (nSPS) is 10.8. The number of ether oxygens (including phenoxy) is 1. The highest BCUT2D eigenvalue weighted by molar-refractivity contribution is 9.10. The third-order valence-electron chi connectivity index (χ3n) is 2.29. The van der Waals surface area contributed by atoms with E-state index in [1.807, 2.05) is 29.9 Å². The number of methoxy groups -OCH3 is 1. The third kappa shape index (κ3) is 1.26. The second kappa shape index (κ2) is 3.20. The lowest BCUT2D eigenvalue weighted by atomic mass is 10.2. The van der Waals surface area contributed by atoms with Gasteiger partial charge in [0.2, 0.25) is 0 Å². The monoisotopic (exact) mass is 254 g/mol. The summed E-state index contributed by atoms with van der Waals surface area (Å²) in [5, 5.41) is 1.10. The van der Waals surface area contributed by atoms with Gasteiger partial charge in [0.05, 0.1) is 18.3 Å². The van der Waals surface area contributed by atoms with Crippen LogP contribution < -0.4 is 10.5 Å². The van der Waals surface area contributed by atoms with E-state index in [2.05, 4.69) is 15.9 Å². The number of rotatable bonds is 1. The summed E-state index contributed by atoms with van der Waals surface area (Å²) in [5.74, 6) is 0.714. The Morgan fingerprint density at radius 1 is 1.43 bits per heavy atom. The number of anilines is 1. The second-order valence-electron chi connectivity index (χ2n) is 3.20. The molecule has 4 heteroatoms. The third-order valence-corrected chi connectivity index (χ3v) is 2.92. The van der Waals surface area contributed by atoms with Crippen molar-refractivity contribution in [1.29, 1.82) is 0 Å². The Balaban J connectivity index is 2.82. The van der Waals surface area contributed by atoms with E-state index >= 15 is 0 Å². The first-order chi connectivity index (χ1) is 6.63. The molecule has 1 aromatic carbocycles. The maximum Gasteiger partial charge on any atom is 0.143 e. The fraction of sp³-hybridized carbons (Fsp3) is 0.200. The van der Waals surface area contributed by atoms with Crippen molar-refractivity contribution < 1.29 is 4.74 Å². The lowest BCUT2D eigenvalue weighted by molar-refractivity contribution is 0.417. The molecule has 0 saturated heterocycles. The first-order valence-corrected chi connectivity index (χ1v) is 5.01. The van der Waals surface area contributed by atoms with Crippen LogP contribution in [0.25, 0.3) is 10.9 Å². The molecule has 0 aliphatic rings. The molecule has 0 saturated carbocycles. The lowest BCUT2D eigenvalue weighted by Crippen LogP contribution is -1.93. The van der Waals surface area contributed by atoms with E-state index in [0.29, 0.717) is 11.4 Å². The number of aromatic nitrogens is 1. The van der Waals surface area contributed by atoms with Crippen LogP contribution in [-0.2, 0) is 7.05 Å². The van der Waals surface area contributed by atoms with Crippen LogP contribution in [-0.4, -0.2) is 11.7 Å². The van der Waals surface area contributed by atoms with Gasteiger partial charge in [-0.3, -0.25) is 0 Å². The van der Waals surface area contributed by atoms with Gasteiger partial charge in [0.1, 0.15) is 5.75 Å². The SMILES string of the molecule is COc1cc2c(cc1N)c(Br)cn2C. The number of benzene rings is 1. The van der Waals surface area contributed by atoms with Crippen molar-refractivity contribution in [3.8, 4) is 5.75 Å². The molecule has 0 atom stereocenters. The van der Waals surface area contributed by atoms with E-state index in [9.17, 15) is 0 Å². The summed E-state index contributed by atoms with van der Waals surface area (Å²) in [6, 6.07) is 3.85. The summed E-state index contributed by atoms with van der Waals surface area (Å²) >= 11 is 3.48. The molecule has 2 N–H and O–H groups in total. The van der Waals surface area contributed by atoms with Gasteiger partial charge in [0.15, 0.2) is 0 Å². The molecule has 0 aliphatic heterocycles. The van der Waals surface area contributed by atoms with Crippen LogP contribution in [0.1, 0.15) is 0 Å². The number of nitrogens with zero attached hydrogens (tertiary/aromatic N) is 1. The molecule has 0 amide bonds. The number of hydrogen-bond acceptors (Lipinski definition) is 2. The Morgan fingerprint density at radius 3 is 2.79 bits per heavy atom. The first kappa shape index (κ1) is 9.40. The van der Waals surface area contributed by atoms with Crippen molar-refractivity contribution >= 4 is 32.5 Å². The number of hydrogen-bond donors (Lipinski definition) is 1. The zero-order valence-electron chi connectivity index (χ0n) is 8.04. The van der Waals surface area contributed by atoms with Gasteiger partial charge in [0.25, 0.3) is 0 Å². The molecule has 2 rings (SSSR count). The summed E-state index contributed by atoms with van der Waals surface area (Å²) in [7, 11) is 3.61. The zero-order valence-corrected chi connectivity index (χ0v) is 9.63. The van der Waals surface area contributed by atoms with Gasteiger partial charge in [-0.25, -0.2) is 0 Å². The highest BCUT2D eigenvalue weighted by Gasteiger charge is 2.08. The number of fused-ring (bicyclic) bond motifs is 1. The van der Waals surface area contributed by atoms with Crippen molar-refractivity contribution in [1.82, 2.24) is 4.57 Å². The van der Waals surface area contributed by atoms with Gasteiger partial charge < -0.3 is 15.0 Å². The van der Waals surface area contributed by atoms with Crippen LogP contribution in [0.15, 0.2) is 22.8 Å². The van der Waals surface area contributed by atoms with Gasteiger partial charge in [-0.1, -0.05) is 0 Å². The summed E-state index contributed by atoms with van der Waals surface area (Å²) in [5.41, 5.74) is 7.58. The molecule has 2 aromatic rings. The molecule has 0 radical (unpaired) electrons. The Hall–Kier alpha value is -1.16. The molecule has 0 fully saturated rings. The molecular weight excluding hydrogens is 244 g/mol. The minimum Gasteiger partial charge on any atom is -0.495 e. The Kier molecular flexibility index (Phi) is 2.15. The van der Waals surface area contributed by atoms with E-state index < -0.39 is 0 Å². The van der Waals surface area contributed by atoms with Gasteiger partial charge >= 0.3 is 0 Å². The van der Waals surface area contributed by atoms with Crippen molar-refractivity contribution in [3.63, 3.8) is 0 Å². The largest absolute Gasteiger partial charge is 0.495 e.